The molecule has 9 heteroatoms. The van der Waals surface area contributed by atoms with Crippen molar-refractivity contribution >= 4 is 32.7 Å². The zero-order chi connectivity index (χ0) is 19.8. The van der Waals surface area contributed by atoms with Gasteiger partial charge >= 0.3 is 6.03 Å². The Bertz CT molecular complexity index is 905. The predicted molar refractivity (Wildman–Crippen MR) is 110 cm³/mol. The van der Waals surface area contributed by atoms with Crippen molar-refractivity contribution in [1.29, 1.82) is 0 Å². The number of carbonyl (C=O) groups excluding carboxylic acids is 1. The van der Waals surface area contributed by atoms with Crippen LogP contribution in [0.5, 0.6) is 5.88 Å². The van der Waals surface area contributed by atoms with E-state index in [1.54, 1.807) is 7.11 Å². The van der Waals surface area contributed by atoms with Crippen LogP contribution in [0.3, 0.4) is 0 Å². The van der Waals surface area contributed by atoms with E-state index in [4.69, 9.17) is 14.2 Å². The Kier molecular flexibility index (Phi) is 5.05. The van der Waals surface area contributed by atoms with Crippen molar-refractivity contribution in [2.45, 2.75) is 31.6 Å². The minimum absolute atomic E-state index is 0.0904. The fraction of sp³-hybridized carbons (Fsp3) is 0.650. The lowest BCUT2D eigenvalue weighted by atomic mass is 9.87. The molecule has 0 aromatic carbocycles. The van der Waals surface area contributed by atoms with Gasteiger partial charge in [-0.25, -0.2) is 14.8 Å². The third-order valence-corrected chi connectivity index (χ3v) is 7.41. The van der Waals surface area contributed by atoms with Crippen LogP contribution in [0.4, 0.5) is 9.93 Å². The topological polar surface area (TPSA) is 85.8 Å². The molecule has 0 bridgehead atoms. The molecule has 0 aliphatic carbocycles. The lowest BCUT2D eigenvalue weighted by molar-refractivity contribution is 0.0855. The maximum Gasteiger partial charge on any atom is 0.323 e. The Morgan fingerprint density at radius 1 is 1.31 bits per heavy atom. The summed E-state index contributed by atoms with van der Waals surface area (Å²) in [4.78, 5) is 23.9. The van der Waals surface area contributed by atoms with Gasteiger partial charge in [-0.15, -0.1) is 0 Å². The van der Waals surface area contributed by atoms with E-state index in [0.717, 1.165) is 75.4 Å². The van der Waals surface area contributed by atoms with Gasteiger partial charge in [0, 0.05) is 44.5 Å². The second-order valence-electron chi connectivity index (χ2n) is 8.21. The Labute approximate surface area is 173 Å². The van der Waals surface area contributed by atoms with E-state index in [9.17, 15) is 4.79 Å². The van der Waals surface area contributed by atoms with Gasteiger partial charge < -0.3 is 19.1 Å². The molecule has 1 N–H and O–H groups in total. The average Bonchev–Trinajstić information content (AvgIpc) is 3.48. The van der Waals surface area contributed by atoms with Gasteiger partial charge in [0.05, 0.1) is 18.4 Å². The maximum atomic E-state index is 12.8. The molecule has 3 aliphatic heterocycles. The number of carbonyl (C=O) groups is 1. The predicted octanol–water partition coefficient (Wildman–Crippen LogP) is 3.24. The summed E-state index contributed by atoms with van der Waals surface area (Å²) in [5, 5.41) is 3.60. The zero-order valence-corrected chi connectivity index (χ0v) is 17.4. The number of ether oxygens (including phenoxy) is 3. The average molecular weight is 419 g/mol. The third kappa shape index (κ3) is 3.55. The number of urea groups is 1. The number of methoxy groups -OCH3 is 1. The zero-order valence-electron chi connectivity index (χ0n) is 16.6. The molecule has 29 heavy (non-hydrogen) atoms. The highest BCUT2D eigenvalue weighted by Gasteiger charge is 2.43. The molecular weight excluding hydrogens is 392 g/mol. The number of nitrogens with zero attached hydrogens (tertiary/aromatic N) is 3. The van der Waals surface area contributed by atoms with Crippen molar-refractivity contribution in [3.05, 3.63) is 11.8 Å². The molecule has 2 aromatic heterocycles. The van der Waals surface area contributed by atoms with Crippen LogP contribution in [0.15, 0.2) is 6.20 Å². The lowest BCUT2D eigenvalue weighted by Gasteiger charge is -2.22. The number of thiazole rings is 1. The largest absolute Gasteiger partial charge is 0.479 e. The van der Waals surface area contributed by atoms with Crippen molar-refractivity contribution in [3.63, 3.8) is 0 Å². The standard InChI is InChI=1S/C20H26N4O4S/c1-26-17-15-16(14(10-21-17)13-2-7-27-8-3-13)29-18(22-15)23-19(25)24-6-4-20(11-24)5-9-28-12-20/h10,13H,2-9,11-12H2,1H3,(H,22,23,25). The summed E-state index contributed by atoms with van der Waals surface area (Å²) < 4.78 is 17.5. The number of anilines is 1. The second kappa shape index (κ2) is 7.70. The summed E-state index contributed by atoms with van der Waals surface area (Å²) in [6.07, 6.45) is 5.88. The van der Waals surface area contributed by atoms with Crippen LogP contribution in [0.1, 0.15) is 37.2 Å². The molecule has 5 heterocycles. The van der Waals surface area contributed by atoms with E-state index in [1.807, 2.05) is 11.1 Å². The molecule has 2 amide bonds. The number of amides is 2. The molecule has 3 fully saturated rings. The molecular formula is C20H26N4O4S. The van der Waals surface area contributed by atoms with Gasteiger partial charge in [0.15, 0.2) is 5.13 Å². The maximum absolute atomic E-state index is 12.8. The van der Waals surface area contributed by atoms with E-state index in [-0.39, 0.29) is 11.4 Å². The molecule has 0 radical (unpaired) electrons. The van der Waals surface area contributed by atoms with E-state index in [0.29, 0.717) is 16.9 Å². The van der Waals surface area contributed by atoms with Crippen LogP contribution in [-0.4, -0.2) is 67.5 Å². The summed E-state index contributed by atoms with van der Waals surface area (Å²) >= 11 is 1.50. The normalized spacial score (nSPS) is 25.2. The Balaban J connectivity index is 1.38. The number of fused-ring (bicyclic) bond motifs is 1. The number of hydrogen-bond donors (Lipinski definition) is 1. The Hall–Kier alpha value is -1.97. The van der Waals surface area contributed by atoms with Crippen LogP contribution >= 0.6 is 11.3 Å². The number of hydrogen-bond acceptors (Lipinski definition) is 7. The summed E-state index contributed by atoms with van der Waals surface area (Å²) in [5.41, 5.74) is 2.04. The smallest absolute Gasteiger partial charge is 0.323 e. The van der Waals surface area contributed by atoms with Crippen LogP contribution in [0, 0.1) is 5.41 Å². The number of aromatic nitrogens is 2. The van der Waals surface area contributed by atoms with Gasteiger partial charge in [-0.3, -0.25) is 5.32 Å². The Morgan fingerprint density at radius 2 is 2.17 bits per heavy atom. The fourth-order valence-corrected chi connectivity index (χ4v) is 5.70. The van der Waals surface area contributed by atoms with Crippen molar-refractivity contribution in [3.8, 4) is 5.88 Å². The summed E-state index contributed by atoms with van der Waals surface area (Å²) in [6.45, 7) is 4.60. The van der Waals surface area contributed by atoms with Gasteiger partial charge in [0.1, 0.15) is 5.52 Å². The van der Waals surface area contributed by atoms with Crippen molar-refractivity contribution in [2.24, 2.45) is 5.41 Å². The highest BCUT2D eigenvalue weighted by Crippen LogP contribution is 2.41. The Morgan fingerprint density at radius 3 is 2.93 bits per heavy atom. The van der Waals surface area contributed by atoms with Crippen LogP contribution in [0.25, 0.3) is 10.2 Å². The van der Waals surface area contributed by atoms with E-state index in [1.165, 1.54) is 16.9 Å². The molecule has 1 unspecified atom stereocenters. The first-order valence-corrected chi connectivity index (χ1v) is 11.0. The molecule has 8 nitrogen and oxygen atoms in total. The van der Waals surface area contributed by atoms with Gasteiger partial charge in [0.2, 0.25) is 5.88 Å². The van der Waals surface area contributed by atoms with Gasteiger partial charge in [-0.05, 0) is 37.2 Å². The minimum atomic E-state index is -0.0904. The highest BCUT2D eigenvalue weighted by atomic mass is 32.1. The number of pyridine rings is 1. The summed E-state index contributed by atoms with van der Waals surface area (Å²) in [5.74, 6) is 0.894. The van der Waals surface area contributed by atoms with Gasteiger partial charge in [-0.2, -0.15) is 0 Å². The van der Waals surface area contributed by atoms with Crippen LogP contribution < -0.4 is 10.1 Å². The SMILES string of the molecule is COc1ncc(C2CCOCC2)c2sc(NC(=O)N3CCC4(CCOC4)C3)nc12. The minimum Gasteiger partial charge on any atom is -0.479 e. The van der Waals surface area contributed by atoms with E-state index in [2.05, 4.69) is 15.3 Å². The van der Waals surface area contributed by atoms with Crippen LogP contribution in [0.2, 0.25) is 0 Å². The second-order valence-corrected chi connectivity index (χ2v) is 9.21. The summed E-state index contributed by atoms with van der Waals surface area (Å²) in [6, 6.07) is -0.0904. The summed E-state index contributed by atoms with van der Waals surface area (Å²) in [7, 11) is 1.60. The van der Waals surface area contributed by atoms with E-state index < -0.39 is 0 Å². The number of likely N-dealkylation sites (tertiary alicyclic amines) is 1. The van der Waals surface area contributed by atoms with E-state index >= 15 is 0 Å². The molecule has 3 aliphatic rings. The molecule has 0 saturated carbocycles. The first-order chi connectivity index (χ1) is 14.2. The third-order valence-electron chi connectivity index (χ3n) is 6.39. The number of rotatable bonds is 3. The van der Waals surface area contributed by atoms with Crippen LogP contribution in [-0.2, 0) is 9.47 Å². The molecule has 156 valence electrons. The quantitative estimate of drug-likeness (QED) is 0.824. The molecule has 5 rings (SSSR count). The van der Waals surface area contributed by atoms with Crippen molar-refractivity contribution in [1.82, 2.24) is 14.9 Å². The molecule has 3 saturated heterocycles. The van der Waals surface area contributed by atoms with Gasteiger partial charge in [0.25, 0.3) is 0 Å². The van der Waals surface area contributed by atoms with Crippen molar-refractivity contribution in [2.75, 3.05) is 51.9 Å². The first kappa shape index (κ1) is 19.0. The fourth-order valence-electron chi connectivity index (χ4n) is 4.66. The lowest BCUT2D eigenvalue weighted by Crippen LogP contribution is -2.35. The highest BCUT2D eigenvalue weighted by molar-refractivity contribution is 7.22. The van der Waals surface area contributed by atoms with Crippen molar-refractivity contribution < 1.29 is 19.0 Å². The molecule has 1 atom stereocenters. The monoisotopic (exact) mass is 418 g/mol. The van der Waals surface area contributed by atoms with Gasteiger partial charge in [-0.1, -0.05) is 11.3 Å². The first-order valence-electron chi connectivity index (χ1n) is 10.2. The molecule has 2 aromatic rings. The molecule has 1 spiro atoms. The number of nitrogens with one attached hydrogen (secondary N) is 1.